The van der Waals surface area contributed by atoms with E-state index >= 15 is 0 Å². The van der Waals surface area contributed by atoms with Crippen LogP contribution in [0.4, 0.5) is 0 Å². The van der Waals surface area contributed by atoms with Gasteiger partial charge in [0.05, 0.1) is 13.2 Å². The van der Waals surface area contributed by atoms with Gasteiger partial charge in [-0.2, -0.15) is 0 Å². The highest BCUT2D eigenvalue weighted by Gasteiger charge is 2.42. The van der Waals surface area contributed by atoms with Gasteiger partial charge < -0.3 is 25.1 Å². The first-order valence-electron chi connectivity index (χ1n) is 4.58. The Balaban J connectivity index is 5.27. The van der Waals surface area contributed by atoms with Crippen LogP contribution in [0.1, 0.15) is 0 Å². The molecular formula is C6H10N2O9P2. The molecular weight excluding hydrogens is 306 g/mol. The smallest absolute Gasteiger partial charge is 0.443 e. The summed E-state index contributed by atoms with van der Waals surface area (Å²) in [7, 11) is -7.07. The molecule has 0 heterocycles. The number of nitrogens with one attached hydrogen (secondary N) is 1. The summed E-state index contributed by atoms with van der Waals surface area (Å²) in [6.07, 6.45) is 0. The van der Waals surface area contributed by atoms with Crippen molar-refractivity contribution in [2.24, 2.45) is 0 Å². The number of carboxylic acids is 1. The highest BCUT2D eigenvalue weighted by molar-refractivity contribution is 7.35. The van der Waals surface area contributed by atoms with Crippen LogP contribution in [0.25, 0.3) is 0 Å². The van der Waals surface area contributed by atoms with Crippen LogP contribution in [0.3, 0.4) is 0 Å². The standard InChI is InChI=1S/C6H10N2O9P2/c9-1-3(7-18(14)15)5(11)8(19(16)17)4(2-10)6(12)13/h3-4,9-10H,1-2H2,(H,12,13)(H,7,14,15). The van der Waals surface area contributed by atoms with Crippen molar-refractivity contribution in [2.45, 2.75) is 12.1 Å². The van der Waals surface area contributed by atoms with Crippen molar-refractivity contribution in [1.82, 2.24) is 9.76 Å². The molecule has 13 heteroatoms. The number of carbonyl (C=O) groups is 2. The zero-order chi connectivity index (χ0) is 15.2. The molecule has 0 spiro atoms. The zero-order valence-corrected chi connectivity index (χ0v) is 11.0. The third kappa shape index (κ3) is 5.21. The molecule has 0 aliphatic heterocycles. The lowest BCUT2D eigenvalue weighted by Gasteiger charge is -2.21. The minimum atomic E-state index is -3.75. The number of aliphatic hydroxyl groups is 2. The number of nitrogens with zero attached hydrogens (tertiary/aromatic N) is 1. The minimum Gasteiger partial charge on any atom is -0.578 e. The Labute approximate surface area is 108 Å². The van der Waals surface area contributed by atoms with Crippen LogP contribution < -0.4 is 14.9 Å². The van der Waals surface area contributed by atoms with Gasteiger partial charge in [-0.1, -0.05) is 9.65 Å². The van der Waals surface area contributed by atoms with E-state index in [2.05, 4.69) is 0 Å². The van der Waals surface area contributed by atoms with E-state index in [0.29, 0.717) is 0 Å². The lowest BCUT2D eigenvalue weighted by atomic mass is 10.2. The van der Waals surface area contributed by atoms with Gasteiger partial charge in [0.25, 0.3) is 5.91 Å². The maximum atomic E-state index is 11.6. The monoisotopic (exact) mass is 316 g/mol. The van der Waals surface area contributed by atoms with Crippen molar-refractivity contribution in [1.29, 1.82) is 0 Å². The number of carbonyl (C=O) groups excluding carboxylic acids is 1. The van der Waals surface area contributed by atoms with Gasteiger partial charge >= 0.3 is 22.3 Å². The SMILES string of the molecule is O=C(O)C(CO)N(C(=O)C(CO)N[P+](=O)[O-])[P+](=O)[O-]. The lowest BCUT2D eigenvalue weighted by molar-refractivity contribution is -0.184. The maximum absolute atomic E-state index is 11.6. The second kappa shape index (κ2) is 8.18. The van der Waals surface area contributed by atoms with Crippen LogP contribution in [0.15, 0.2) is 0 Å². The minimum absolute atomic E-state index is 0.232. The van der Waals surface area contributed by atoms with Gasteiger partial charge in [0.2, 0.25) is 0 Å². The summed E-state index contributed by atoms with van der Waals surface area (Å²) >= 11 is 0. The van der Waals surface area contributed by atoms with Gasteiger partial charge in [0.15, 0.2) is 12.1 Å². The molecule has 0 rings (SSSR count). The van der Waals surface area contributed by atoms with Crippen LogP contribution in [0.5, 0.6) is 0 Å². The van der Waals surface area contributed by atoms with Gasteiger partial charge in [-0.3, -0.25) is 4.79 Å². The first-order chi connectivity index (χ1) is 8.76. The number of amides is 1. The van der Waals surface area contributed by atoms with E-state index in [-0.39, 0.29) is 4.67 Å². The summed E-state index contributed by atoms with van der Waals surface area (Å²) in [5.74, 6) is -3.32. The molecule has 0 radical (unpaired) electrons. The Kier molecular flexibility index (Phi) is 7.72. The fourth-order valence-corrected chi connectivity index (χ4v) is 2.22. The highest BCUT2D eigenvalue weighted by Crippen LogP contribution is 2.23. The van der Waals surface area contributed by atoms with Crippen LogP contribution in [-0.4, -0.2) is 57.2 Å². The van der Waals surface area contributed by atoms with Crippen LogP contribution in [0, 0.1) is 0 Å². The molecule has 1 amide bonds. The van der Waals surface area contributed by atoms with Gasteiger partial charge in [0, 0.05) is 0 Å². The average Bonchev–Trinajstić information content (AvgIpc) is 2.30. The van der Waals surface area contributed by atoms with Crippen molar-refractivity contribution >= 4 is 28.2 Å². The third-order valence-corrected chi connectivity index (χ3v) is 3.25. The van der Waals surface area contributed by atoms with Crippen molar-refractivity contribution in [3.05, 3.63) is 0 Å². The predicted molar refractivity (Wildman–Crippen MR) is 54.6 cm³/mol. The van der Waals surface area contributed by atoms with E-state index < -0.39 is 53.5 Å². The maximum Gasteiger partial charge on any atom is 0.443 e. The Bertz CT molecular complexity index is 389. The van der Waals surface area contributed by atoms with Gasteiger partial charge in [-0.05, 0) is 4.57 Å². The average molecular weight is 316 g/mol. The second-order valence-corrected chi connectivity index (χ2v) is 4.76. The normalized spacial score (nSPS) is 15.4. The summed E-state index contributed by atoms with van der Waals surface area (Å²) in [5, 5.41) is 27.7. The molecule has 4 N–H and O–H groups in total. The molecule has 4 unspecified atom stereocenters. The van der Waals surface area contributed by atoms with Crippen molar-refractivity contribution in [2.75, 3.05) is 13.2 Å². The summed E-state index contributed by atoms with van der Waals surface area (Å²) in [6.45, 7) is -2.29. The van der Waals surface area contributed by atoms with Crippen LogP contribution in [-0.2, 0) is 18.7 Å². The fraction of sp³-hybridized carbons (Fsp3) is 0.667. The summed E-state index contributed by atoms with van der Waals surface area (Å²) in [4.78, 5) is 43.5. The molecule has 108 valence electrons. The zero-order valence-electron chi connectivity index (χ0n) is 9.20. The van der Waals surface area contributed by atoms with Gasteiger partial charge in [-0.25, -0.2) is 4.79 Å². The molecule has 0 aliphatic rings. The van der Waals surface area contributed by atoms with Crippen molar-refractivity contribution < 1.29 is 43.8 Å². The quantitative estimate of drug-likeness (QED) is 0.323. The van der Waals surface area contributed by atoms with E-state index in [1.807, 2.05) is 0 Å². The number of aliphatic carboxylic acids is 1. The third-order valence-electron chi connectivity index (χ3n) is 1.90. The Morgan fingerprint density at radius 3 is 2.00 bits per heavy atom. The Morgan fingerprint density at radius 2 is 1.74 bits per heavy atom. The van der Waals surface area contributed by atoms with E-state index in [0.717, 1.165) is 0 Å². The predicted octanol–water partition coefficient (Wildman–Crippen LogP) is -3.75. The topological polar surface area (TPSA) is 190 Å². The number of carboxylic acid groups (broad SMARTS) is 1. The van der Waals surface area contributed by atoms with Crippen LogP contribution in [0.2, 0.25) is 0 Å². The molecule has 11 nitrogen and oxygen atoms in total. The van der Waals surface area contributed by atoms with E-state index in [9.17, 15) is 28.5 Å². The number of rotatable bonds is 8. The molecule has 0 saturated heterocycles. The summed E-state index contributed by atoms with van der Waals surface area (Å²) in [6, 6.07) is -3.96. The second-order valence-electron chi connectivity index (χ2n) is 3.08. The molecule has 0 bridgehead atoms. The van der Waals surface area contributed by atoms with E-state index in [4.69, 9.17) is 15.3 Å². The number of hydrogen-bond acceptors (Lipinski definition) is 8. The van der Waals surface area contributed by atoms with Gasteiger partial charge in [-0.15, -0.1) is 4.67 Å². The fourth-order valence-electron chi connectivity index (χ4n) is 1.07. The lowest BCUT2D eigenvalue weighted by Crippen LogP contribution is -2.52. The Hall–Kier alpha value is -1.06. The highest BCUT2D eigenvalue weighted by atomic mass is 31.1. The number of hydrogen-bond donors (Lipinski definition) is 4. The number of aliphatic hydroxyl groups excluding tert-OH is 2. The van der Waals surface area contributed by atoms with E-state index in [1.54, 1.807) is 5.09 Å². The first kappa shape index (κ1) is 17.9. The molecule has 4 atom stereocenters. The van der Waals surface area contributed by atoms with Crippen molar-refractivity contribution in [3.8, 4) is 0 Å². The van der Waals surface area contributed by atoms with Crippen LogP contribution >= 0.6 is 16.4 Å². The van der Waals surface area contributed by atoms with Crippen molar-refractivity contribution in [3.63, 3.8) is 0 Å². The summed E-state index contributed by atoms with van der Waals surface area (Å²) in [5.41, 5.74) is 0. The largest absolute Gasteiger partial charge is 0.578 e. The summed E-state index contributed by atoms with van der Waals surface area (Å²) < 4.78 is 21.0. The first-order valence-corrected chi connectivity index (χ1v) is 6.89. The van der Waals surface area contributed by atoms with E-state index in [1.165, 1.54) is 0 Å². The Morgan fingerprint density at radius 1 is 1.21 bits per heavy atom. The molecule has 0 saturated carbocycles. The molecule has 0 aliphatic carbocycles. The molecule has 0 aromatic rings. The molecule has 0 aromatic heterocycles. The molecule has 19 heavy (non-hydrogen) atoms. The van der Waals surface area contributed by atoms with Gasteiger partial charge in [0.1, 0.15) is 0 Å². The molecule has 0 aromatic carbocycles. The molecule has 0 fully saturated rings.